The van der Waals surface area contributed by atoms with E-state index in [0.717, 1.165) is 6.54 Å². The molecule has 0 aliphatic carbocycles. The zero-order valence-electron chi connectivity index (χ0n) is 11.6. The number of nitrogens with zero attached hydrogens (tertiary/aromatic N) is 1. The summed E-state index contributed by atoms with van der Waals surface area (Å²) in [5, 5.41) is 8.42. The van der Waals surface area contributed by atoms with Crippen molar-refractivity contribution in [3.63, 3.8) is 0 Å². The number of carbonyl (C=O) groups excluding carboxylic acids is 1. The number of sulfonamides is 1. The van der Waals surface area contributed by atoms with Crippen molar-refractivity contribution in [1.82, 2.24) is 10.2 Å². The van der Waals surface area contributed by atoms with Gasteiger partial charge >= 0.3 is 0 Å². The molecule has 7 heteroatoms. The van der Waals surface area contributed by atoms with Crippen LogP contribution in [0.1, 0.15) is 22.8 Å². The summed E-state index contributed by atoms with van der Waals surface area (Å²) in [6.45, 7) is 5.62. The van der Waals surface area contributed by atoms with Crippen LogP contribution in [0, 0.1) is 6.92 Å². The minimum Gasteiger partial charge on any atom is -0.336 e. The van der Waals surface area contributed by atoms with E-state index in [2.05, 4.69) is 5.32 Å². The van der Waals surface area contributed by atoms with Crippen LogP contribution in [-0.2, 0) is 10.0 Å². The first-order chi connectivity index (χ1) is 9.29. The highest BCUT2D eigenvalue weighted by molar-refractivity contribution is 7.89. The second-order valence-corrected chi connectivity index (χ2v) is 6.66. The van der Waals surface area contributed by atoms with E-state index < -0.39 is 10.0 Å². The summed E-state index contributed by atoms with van der Waals surface area (Å²) in [5.41, 5.74) is 0.895. The molecule has 1 aromatic rings. The number of nitrogens with two attached hydrogens (primary N) is 1. The molecule has 0 aromatic heterocycles. The highest BCUT2D eigenvalue weighted by Crippen LogP contribution is 2.17. The van der Waals surface area contributed by atoms with E-state index in [-0.39, 0.29) is 16.8 Å². The summed E-state index contributed by atoms with van der Waals surface area (Å²) < 4.78 is 23.0. The number of hydrogen-bond acceptors (Lipinski definition) is 4. The minimum absolute atomic E-state index is 0.00605. The Bertz CT molecular complexity index is 628. The summed E-state index contributed by atoms with van der Waals surface area (Å²) in [7, 11) is -3.81. The molecule has 1 amide bonds. The lowest BCUT2D eigenvalue weighted by Crippen LogP contribution is -2.51. The molecule has 1 unspecified atom stereocenters. The monoisotopic (exact) mass is 297 g/mol. The largest absolute Gasteiger partial charge is 0.336 e. The lowest BCUT2D eigenvalue weighted by atomic mass is 10.1. The quantitative estimate of drug-likeness (QED) is 0.808. The molecule has 1 heterocycles. The number of amides is 1. The van der Waals surface area contributed by atoms with Crippen LogP contribution in [0.25, 0.3) is 0 Å². The van der Waals surface area contributed by atoms with Crippen molar-refractivity contribution >= 4 is 15.9 Å². The highest BCUT2D eigenvalue weighted by Gasteiger charge is 2.23. The molecule has 1 atom stereocenters. The van der Waals surface area contributed by atoms with Crippen LogP contribution in [0.4, 0.5) is 0 Å². The topological polar surface area (TPSA) is 92.5 Å². The molecule has 1 saturated heterocycles. The van der Waals surface area contributed by atoms with Gasteiger partial charge in [0.15, 0.2) is 0 Å². The van der Waals surface area contributed by atoms with E-state index in [1.807, 2.05) is 6.92 Å². The maximum atomic E-state index is 12.4. The number of rotatable bonds is 2. The van der Waals surface area contributed by atoms with Crippen molar-refractivity contribution in [1.29, 1.82) is 0 Å². The first kappa shape index (κ1) is 15.0. The molecule has 1 aromatic carbocycles. The van der Waals surface area contributed by atoms with Crippen LogP contribution < -0.4 is 10.5 Å². The zero-order chi connectivity index (χ0) is 14.9. The first-order valence-electron chi connectivity index (χ1n) is 6.45. The van der Waals surface area contributed by atoms with Crippen LogP contribution >= 0.6 is 0 Å². The van der Waals surface area contributed by atoms with Gasteiger partial charge in [-0.05, 0) is 31.5 Å². The Hall–Kier alpha value is -1.44. The molecule has 1 aliphatic heterocycles. The Labute approximate surface area is 119 Å². The lowest BCUT2D eigenvalue weighted by Gasteiger charge is -2.32. The second kappa shape index (κ2) is 5.51. The number of aryl methyl sites for hydroxylation is 1. The molecule has 0 saturated carbocycles. The number of benzene rings is 1. The molecule has 3 N–H and O–H groups in total. The predicted molar refractivity (Wildman–Crippen MR) is 75.9 cm³/mol. The van der Waals surface area contributed by atoms with Gasteiger partial charge in [-0.1, -0.05) is 6.07 Å². The van der Waals surface area contributed by atoms with Crippen molar-refractivity contribution in [3.05, 3.63) is 29.3 Å². The van der Waals surface area contributed by atoms with Gasteiger partial charge in [-0.15, -0.1) is 0 Å². The van der Waals surface area contributed by atoms with Gasteiger partial charge in [0.2, 0.25) is 10.0 Å². The van der Waals surface area contributed by atoms with Gasteiger partial charge in [0.05, 0.1) is 4.90 Å². The summed E-state index contributed by atoms with van der Waals surface area (Å²) in [4.78, 5) is 14.1. The van der Waals surface area contributed by atoms with Gasteiger partial charge < -0.3 is 10.2 Å². The molecule has 0 spiro atoms. The SMILES string of the molecule is Cc1ccc(C(=O)N2CCNC(C)C2)cc1S(N)(=O)=O. The van der Waals surface area contributed by atoms with Crippen LogP contribution in [0.5, 0.6) is 0 Å². The maximum Gasteiger partial charge on any atom is 0.253 e. The first-order valence-corrected chi connectivity index (χ1v) is 8.00. The van der Waals surface area contributed by atoms with Crippen LogP contribution in [-0.4, -0.2) is 44.9 Å². The zero-order valence-corrected chi connectivity index (χ0v) is 12.4. The lowest BCUT2D eigenvalue weighted by molar-refractivity contribution is 0.0709. The minimum atomic E-state index is -3.81. The van der Waals surface area contributed by atoms with Crippen molar-refractivity contribution in [2.45, 2.75) is 24.8 Å². The Morgan fingerprint density at radius 3 is 2.75 bits per heavy atom. The van der Waals surface area contributed by atoms with Gasteiger partial charge in [-0.3, -0.25) is 4.79 Å². The van der Waals surface area contributed by atoms with Gasteiger partial charge in [0.25, 0.3) is 5.91 Å². The van der Waals surface area contributed by atoms with Crippen LogP contribution in [0.3, 0.4) is 0 Å². The summed E-state index contributed by atoms with van der Waals surface area (Å²) in [6, 6.07) is 4.84. The fraction of sp³-hybridized carbons (Fsp3) is 0.462. The molecule has 1 aliphatic rings. The molecular weight excluding hydrogens is 278 g/mol. The average Bonchev–Trinajstić information content (AvgIpc) is 2.37. The Morgan fingerprint density at radius 2 is 2.15 bits per heavy atom. The van der Waals surface area contributed by atoms with Crippen molar-refractivity contribution < 1.29 is 13.2 Å². The number of hydrogen-bond donors (Lipinski definition) is 2. The smallest absolute Gasteiger partial charge is 0.253 e. The Kier molecular flexibility index (Phi) is 4.12. The maximum absolute atomic E-state index is 12.4. The van der Waals surface area contributed by atoms with Crippen molar-refractivity contribution in [2.24, 2.45) is 5.14 Å². The van der Waals surface area contributed by atoms with E-state index in [4.69, 9.17) is 5.14 Å². The number of nitrogens with one attached hydrogen (secondary N) is 1. The van der Waals surface area contributed by atoms with E-state index >= 15 is 0 Å². The molecule has 2 rings (SSSR count). The number of piperazine rings is 1. The van der Waals surface area contributed by atoms with Gasteiger partial charge in [-0.25, -0.2) is 13.6 Å². The number of carbonyl (C=O) groups is 1. The second-order valence-electron chi connectivity index (χ2n) is 5.13. The molecule has 6 nitrogen and oxygen atoms in total. The third-order valence-electron chi connectivity index (χ3n) is 3.40. The van der Waals surface area contributed by atoms with Gasteiger partial charge in [0, 0.05) is 31.2 Å². The van der Waals surface area contributed by atoms with Crippen molar-refractivity contribution in [2.75, 3.05) is 19.6 Å². The molecule has 0 radical (unpaired) electrons. The average molecular weight is 297 g/mol. The highest BCUT2D eigenvalue weighted by atomic mass is 32.2. The third kappa shape index (κ3) is 3.17. The van der Waals surface area contributed by atoms with E-state index in [1.165, 1.54) is 6.07 Å². The standard InChI is InChI=1S/C13H19N3O3S/c1-9-3-4-11(7-12(9)20(14,18)19)13(17)16-6-5-15-10(2)8-16/h3-4,7,10,15H,5-6,8H2,1-2H3,(H2,14,18,19). The molecule has 20 heavy (non-hydrogen) atoms. The fourth-order valence-electron chi connectivity index (χ4n) is 2.34. The summed E-state index contributed by atoms with van der Waals surface area (Å²) in [5.74, 6) is -0.164. The van der Waals surface area contributed by atoms with Gasteiger partial charge in [-0.2, -0.15) is 0 Å². The third-order valence-corrected chi connectivity index (χ3v) is 4.45. The normalized spacial score (nSPS) is 19.9. The number of primary sulfonamides is 1. The molecule has 110 valence electrons. The van der Waals surface area contributed by atoms with E-state index in [1.54, 1.807) is 24.0 Å². The summed E-state index contributed by atoms with van der Waals surface area (Å²) >= 11 is 0. The van der Waals surface area contributed by atoms with E-state index in [0.29, 0.717) is 24.2 Å². The fourth-order valence-corrected chi connectivity index (χ4v) is 3.15. The Balaban J connectivity index is 2.31. The van der Waals surface area contributed by atoms with Crippen molar-refractivity contribution in [3.8, 4) is 0 Å². The van der Waals surface area contributed by atoms with Crippen LogP contribution in [0.15, 0.2) is 23.1 Å². The molecular formula is C13H19N3O3S. The summed E-state index contributed by atoms with van der Waals surface area (Å²) in [6.07, 6.45) is 0. The van der Waals surface area contributed by atoms with Crippen LogP contribution in [0.2, 0.25) is 0 Å². The predicted octanol–water partition coefficient (Wildman–Crippen LogP) is 0.0763. The van der Waals surface area contributed by atoms with Gasteiger partial charge in [0.1, 0.15) is 0 Å². The Morgan fingerprint density at radius 1 is 1.45 bits per heavy atom. The van der Waals surface area contributed by atoms with E-state index in [9.17, 15) is 13.2 Å². The molecule has 0 bridgehead atoms. The molecule has 1 fully saturated rings.